The maximum absolute atomic E-state index is 5.40. The van der Waals surface area contributed by atoms with Gasteiger partial charge in [0.25, 0.3) is 0 Å². The minimum absolute atomic E-state index is 0.831. The van der Waals surface area contributed by atoms with Crippen LogP contribution in [0.5, 0.6) is 11.5 Å². The number of para-hydroxylation sites is 1. The molecule has 2 heterocycles. The molecule has 4 aromatic carbocycles. The molecule has 6 rings (SSSR count). The van der Waals surface area contributed by atoms with Crippen molar-refractivity contribution in [1.29, 1.82) is 0 Å². The number of aromatic amines is 1. The summed E-state index contributed by atoms with van der Waals surface area (Å²) in [5.74, 6) is 1.66. The van der Waals surface area contributed by atoms with Gasteiger partial charge in [0.05, 0.1) is 25.4 Å². The summed E-state index contributed by atoms with van der Waals surface area (Å²) in [6, 6.07) is 33.3. The number of benzene rings is 4. The third kappa shape index (κ3) is 3.60. The van der Waals surface area contributed by atoms with Crippen molar-refractivity contribution in [2.24, 2.45) is 0 Å². The van der Waals surface area contributed by atoms with Crippen molar-refractivity contribution in [3.05, 3.63) is 103 Å². The number of fused-ring (bicyclic) bond motifs is 3. The highest BCUT2D eigenvalue weighted by Crippen LogP contribution is 2.43. The van der Waals surface area contributed by atoms with Gasteiger partial charge in [0.2, 0.25) is 0 Å². The second-order valence-electron chi connectivity index (χ2n) is 8.44. The summed E-state index contributed by atoms with van der Waals surface area (Å²) in [7, 11) is 3.37. The molecule has 0 bridgehead atoms. The lowest BCUT2D eigenvalue weighted by Crippen LogP contribution is -1.94. The average molecular weight is 457 g/mol. The van der Waals surface area contributed by atoms with Crippen LogP contribution in [0.15, 0.2) is 103 Å². The van der Waals surface area contributed by atoms with Gasteiger partial charge >= 0.3 is 0 Å². The topological polar surface area (TPSA) is 47.1 Å². The number of methoxy groups -OCH3 is 2. The zero-order valence-electron chi connectivity index (χ0n) is 19.6. The molecule has 2 aromatic heterocycles. The second-order valence-corrected chi connectivity index (χ2v) is 8.44. The Bertz CT molecular complexity index is 1580. The van der Waals surface area contributed by atoms with Crippen LogP contribution in [0.25, 0.3) is 55.3 Å². The molecule has 0 aliphatic heterocycles. The molecule has 0 spiro atoms. The van der Waals surface area contributed by atoms with Crippen LogP contribution in [-0.4, -0.2) is 24.2 Å². The van der Waals surface area contributed by atoms with Gasteiger partial charge in [-0.2, -0.15) is 0 Å². The number of H-pyrrole nitrogens is 1. The second kappa shape index (κ2) is 8.65. The lowest BCUT2D eigenvalue weighted by atomic mass is 9.89. The molecular formula is C31H24N2O2. The van der Waals surface area contributed by atoms with Gasteiger partial charge < -0.3 is 14.5 Å². The van der Waals surface area contributed by atoms with Gasteiger partial charge in [0.15, 0.2) is 0 Å². The molecule has 4 nitrogen and oxygen atoms in total. The van der Waals surface area contributed by atoms with E-state index in [1.807, 2.05) is 30.5 Å². The number of hydrogen-bond acceptors (Lipinski definition) is 3. The number of aromatic nitrogens is 2. The van der Waals surface area contributed by atoms with Crippen LogP contribution in [-0.2, 0) is 0 Å². The highest BCUT2D eigenvalue weighted by molar-refractivity contribution is 6.13. The SMILES string of the molecule is COc1ccc(-c2cccc(-c3ccc(OC)cc3)c2-c2nccc3c2[nH]c2ccccc23)cc1. The fourth-order valence-electron chi connectivity index (χ4n) is 4.79. The van der Waals surface area contributed by atoms with Crippen LogP contribution in [0, 0.1) is 0 Å². The Balaban J connectivity index is 1.67. The predicted octanol–water partition coefficient (Wildman–Crippen LogP) is 7.73. The van der Waals surface area contributed by atoms with Crippen molar-refractivity contribution in [2.75, 3.05) is 14.2 Å². The third-order valence-corrected chi connectivity index (χ3v) is 6.53. The van der Waals surface area contributed by atoms with E-state index in [4.69, 9.17) is 14.5 Å². The molecule has 0 fully saturated rings. The van der Waals surface area contributed by atoms with Crippen LogP contribution >= 0.6 is 0 Å². The van der Waals surface area contributed by atoms with E-state index in [0.717, 1.165) is 61.4 Å². The Morgan fingerprint density at radius 3 is 1.80 bits per heavy atom. The Hall–Kier alpha value is -4.57. The quantitative estimate of drug-likeness (QED) is 0.289. The van der Waals surface area contributed by atoms with Crippen LogP contribution in [0.4, 0.5) is 0 Å². The molecule has 0 aliphatic rings. The molecule has 35 heavy (non-hydrogen) atoms. The predicted molar refractivity (Wildman–Crippen MR) is 143 cm³/mol. The van der Waals surface area contributed by atoms with E-state index < -0.39 is 0 Å². The molecule has 170 valence electrons. The van der Waals surface area contributed by atoms with Gasteiger partial charge in [0, 0.05) is 28.0 Å². The average Bonchev–Trinajstić information content (AvgIpc) is 3.32. The lowest BCUT2D eigenvalue weighted by Gasteiger charge is -2.17. The Kier molecular flexibility index (Phi) is 5.19. The van der Waals surface area contributed by atoms with Crippen molar-refractivity contribution >= 4 is 21.8 Å². The van der Waals surface area contributed by atoms with Gasteiger partial charge in [0.1, 0.15) is 11.5 Å². The zero-order chi connectivity index (χ0) is 23.8. The van der Waals surface area contributed by atoms with Crippen molar-refractivity contribution < 1.29 is 9.47 Å². The fourth-order valence-corrected chi connectivity index (χ4v) is 4.79. The molecule has 0 radical (unpaired) electrons. The van der Waals surface area contributed by atoms with Crippen molar-refractivity contribution in [3.63, 3.8) is 0 Å². The molecule has 0 saturated heterocycles. The van der Waals surface area contributed by atoms with Gasteiger partial charge in [-0.25, -0.2) is 0 Å². The van der Waals surface area contributed by atoms with Crippen molar-refractivity contribution in [2.45, 2.75) is 0 Å². The van der Waals surface area contributed by atoms with E-state index in [0.29, 0.717) is 0 Å². The van der Waals surface area contributed by atoms with E-state index in [2.05, 4.69) is 77.8 Å². The smallest absolute Gasteiger partial charge is 0.118 e. The minimum Gasteiger partial charge on any atom is -0.497 e. The van der Waals surface area contributed by atoms with Crippen molar-refractivity contribution in [1.82, 2.24) is 9.97 Å². The Labute approximate surface area is 203 Å². The highest BCUT2D eigenvalue weighted by Gasteiger charge is 2.19. The van der Waals surface area contributed by atoms with E-state index >= 15 is 0 Å². The van der Waals surface area contributed by atoms with Crippen molar-refractivity contribution in [3.8, 4) is 45.0 Å². The van der Waals surface area contributed by atoms with Crippen LogP contribution in [0.3, 0.4) is 0 Å². The zero-order valence-corrected chi connectivity index (χ0v) is 19.6. The summed E-state index contributed by atoms with van der Waals surface area (Å²) in [6.07, 6.45) is 1.90. The first-order valence-corrected chi connectivity index (χ1v) is 11.5. The fraction of sp³-hybridized carbons (Fsp3) is 0.0645. The number of rotatable bonds is 5. The molecule has 0 saturated carbocycles. The first-order chi connectivity index (χ1) is 17.3. The number of hydrogen-bond donors (Lipinski definition) is 1. The Morgan fingerprint density at radius 1 is 0.600 bits per heavy atom. The molecule has 0 aliphatic carbocycles. The highest BCUT2D eigenvalue weighted by atomic mass is 16.5. The summed E-state index contributed by atoms with van der Waals surface area (Å²) < 4.78 is 10.8. The molecule has 0 atom stereocenters. The maximum Gasteiger partial charge on any atom is 0.118 e. The first kappa shape index (κ1) is 21.0. The summed E-state index contributed by atoms with van der Waals surface area (Å²) in [6.45, 7) is 0. The summed E-state index contributed by atoms with van der Waals surface area (Å²) in [4.78, 5) is 8.57. The molecule has 1 N–H and O–H groups in total. The van der Waals surface area contributed by atoms with Gasteiger partial charge in [-0.1, -0.05) is 60.7 Å². The lowest BCUT2D eigenvalue weighted by molar-refractivity contribution is 0.415. The number of pyridine rings is 1. The number of ether oxygens (including phenoxy) is 2. The molecule has 6 aromatic rings. The van der Waals surface area contributed by atoms with Crippen LogP contribution in [0.1, 0.15) is 0 Å². The van der Waals surface area contributed by atoms with Gasteiger partial charge in [-0.3, -0.25) is 4.98 Å². The van der Waals surface area contributed by atoms with E-state index in [9.17, 15) is 0 Å². The normalized spacial score (nSPS) is 11.1. The first-order valence-electron chi connectivity index (χ1n) is 11.5. The molecule has 4 heteroatoms. The number of nitrogens with zero attached hydrogens (tertiary/aromatic N) is 1. The maximum atomic E-state index is 5.40. The van der Waals surface area contributed by atoms with E-state index in [-0.39, 0.29) is 0 Å². The standard InChI is InChI=1S/C31H24N2O2/c1-34-22-14-10-20(11-15-22)24-7-5-8-25(21-12-16-23(35-2)17-13-21)29(24)31-30-27(18-19-32-31)26-6-3-4-9-28(26)33-30/h3-19,33H,1-2H3. The largest absolute Gasteiger partial charge is 0.497 e. The molecule has 0 unspecified atom stereocenters. The molecule has 0 amide bonds. The third-order valence-electron chi connectivity index (χ3n) is 6.53. The van der Waals surface area contributed by atoms with Crippen LogP contribution in [0.2, 0.25) is 0 Å². The minimum atomic E-state index is 0.831. The van der Waals surface area contributed by atoms with E-state index in [1.165, 1.54) is 5.39 Å². The summed E-state index contributed by atoms with van der Waals surface area (Å²) in [5.41, 5.74) is 8.57. The number of nitrogens with one attached hydrogen (secondary N) is 1. The van der Waals surface area contributed by atoms with Gasteiger partial charge in [-0.05, 0) is 58.7 Å². The monoisotopic (exact) mass is 456 g/mol. The van der Waals surface area contributed by atoms with Gasteiger partial charge in [-0.15, -0.1) is 0 Å². The molecular weight excluding hydrogens is 432 g/mol. The Morgan fingerprint density at radius 2 is 1.20 bits per heavy atom. The van der Waals surface area contributed by atoms with Crippen LogP contribution < -0.4 is 9.47 Å². The summed E-state index contributed by atoms with van der Waals surface area (Å²) in [5, 5.41) is 2.36. The van der Waals surface area contributed by atoms with E-state index in [1.54, 1.807) is 14.2 Å². The summed E-state index contributed by atoms with van der Waals surface area (Å²) >= 11 is 0.